The topological polar surface area (TPSA) is 29.5 Å². The lowest BCUT2D eigenvalue weighted by Crippen LogP contribution is -2.31. The summed E-state index contributed by atoms with van der Waals surface area (Å²) in [5.41, 5.74) is 0.790. The molecule has 3 heteroatoms. The first-order valence-electron chi connectivity index (χ1n) is 7.16. The second-order valence-corrected chi connectivity index (χ2v) is 5.16. The Hall–Kier alpha value is -0.830. The van der Waals surface area contributed by atoms with Crippen molar-refractivity contribution in [3.63, 3.8) is 0 Å². The lowest BCUT2D eigenvalue weighted by Gasteiger charge is -2.26. The largest absolute Gasteiger partial charge is 0.466 e. The molecule has 0 N–H and O–H groups in total. The van der Waals surface area contributed by atoms with Crippen LogP contribution in [0.5, 0.6) is 0 Å². The van der Waals surface area contributed by atoms with E-state index in [4.69, 9.17) is 4.74 Å². The molecule has 0 radical (unpaired) electrons. The molecule has 0 unspecified atom stereocenters. The zero-order chi connectivity index (χ0) is 13.4. The van der Waals surface area contributed by atoms with E-state index in [9.17, 15) is 4.79 Å². The van der Waals surface area contributed by atoms with Crippen LogP contribution in [0.1, 0.15) is 51.9 Å². The Labute approximate surface area is 111 Å². The third kappa shape index (κ3) is 4.81. The molecule has 0 atom stereocenters. The molecular weight excluding hydrogens is 226 g/mol. The van der Waals surface area contributed by atoms with E-state index in [1.165, 1.54) is 45.6 Å². The van der Waals surface area contributed by atoms with Crippen molar-refractivity contribution in [1.82, 2.24) is 4.90 Å². The van der Waals surface area contributed by atoms with E-state index in [2.05, 4.69) is 11.9 Å². The molecule has 18 heavy (non-hydrogen) atoms. The molecule has 0 amide bonds. The predicted octanol–water partition coefficient (Wildman–Crippen LogP) is 3.15. The summed E-state index contributed by atoms with van der Waals surface area (Å²) >= 11 is 0. The number of hydrogen-bond acceptors (Lipinski definition) is 3. The third-order valence-corrected chi connectivity index (χ3v) is 3.90. The average molecular weight is 253 g/mol. The fourth-order valence-electron chi connectivity index (χ4n) is 2.60. The third-order valence-electron chi connectivity index (χ3n) is 3.90. The minimum absolute atomic E-state index is 0.188. The summed E-state index contributed by atoms with van der Waals surface area (Å²) in [6.45, 7) is 2.84. The number of esters is 1. The predicted molar refractivity (Wildman–Crippen MR) is 74.5 cm³/mol. The molecule has 1 fully saturated rings. The van der Waals surface area contributed by atoms with Crippen LogP contribution in [0.15, 0.2) is 11.6 Å². The summed E-state index contributed by atoms with van der Waals surface area (Å²) in [5.74, 6) is -0.188. The van der Waals surface area contributed by atoms with Crippen molar-refractivity contribution < 1.29 is 9.53 Å². The molecule has 0 aromatic rings. The first-order valence-corrected chi connectivity index (χ1v) is 7.16. The van der Waals surface area contributed by atoms with Crippen molar-refractivity contribution in [2.45, 2.75) is 57.9 Å². The number of rotatable bonds is 5. The van der Waals surface area contributed by atoms with Crippen molar-refractivity contribution in [2.24, 2.45) is 0 Å². The molecule has 1 saturated carbocycles. The van der Waals surface area contributed by atoms with E-state index in [0.717, 1.165) is 18.5 Å². The van der Waals surface area contributed by atoms with Crippen molar-refractivity contribution in [3.8, 4) is 0 Å². The number of carbonyl (C=O) groups excluding carboxylic acids is 1. The van der Waals surface area contributed by atoms with Gasteiger partial charge in [0, 0.05) is 18.2 Å². The van der Waals surface area contributed by atoms with E-state index in [-0.39, 0.29) is 5.97 Å². The van der Waals surface area contributed by atoms with Gasteiger partial charge in [0.15, 0.2) is 0 Å². The van der Waals surface area contributed by atoms with E-state index in [1.54, 1.807) is 0 Å². The van der Waals surface area contributed by atoms with Gasteiger partial charge in [-0.2, -0.15) is 0 Å². The van der Waals surface area contributed by atoms with Crippen LogP contribution >= 0.6 is 0 Å². The SMILES string of the molecule is CCC(=CCN(C)C1CCCCCC1)C(=O)OC. The van der Waals surface area contributed by atoms with Crippen LogP contribution in [-0.4, -0.2) is 37.6 Å². The minimum atomic E-state index is -0.188. The van der Waals surface area contributed by atoms with Crippen LogP contribution in [0.25, 0.3) is 0 Å². The molecule has 0 aromatic carbocycles. The molecule has 0 heterocycles. The maximum atomic E-state index is 11.5. The van der Waals surface area contributed by atoms with Gasteiger partial charge >= 0.3 is 5.97 Å². The van der Waals surface area contributed by atoms with Gasteiger partial charge < -0.3 is 4.74 Å². The van der Waals surface area contributed by atoms with Crippen molar-refractivity contribution >= 4 is 5.97 Å². The number of methoxy groups -OCH3 is 1. The fourth-order valence-corrected chi connectivity index (χ4v) is 2.60. The van der Waals surface area contributed by atoms with Crippen molar-refractivity contribution in [1.29, 1.82) is 0 Å². The van der Waals surface area contributed by atoms with Gasteiger partial charge in [-0.05, 0) is 26.3 Å². The minimum Gasteiger partial charge on any atom is -0.466 e. The Balaban J connectivity index is 2.49. The van der Waals surface area contributed by atoms with Crippen LogP contribution < -0.4 is 0 Å². The normalized spacial score (nSPS) is 18.8. The molecule has 1 rings (SSSR count). The van der Waals surface area contributed by atoms with Gasteiger partial charge in [-0.1, -0.05) is 38.7 Å². The summed E-state index contributed by atoms with van der Waals surface area (Å²) in [6.07, 6.45) is 10.8. The maximum absolute atomic E-state index is 11.5. The van der Waals surface area contributed by atoms with E-state index in [0.29, 0.717) is 6.04 Å². The zero-order valence-electron chi connectivity index (χ0n) is 12.1. The van der Waals surface area contributed by atoms with E-state index < -0.39 is 0 Å². The van der Waals surface area contributed by atoms with Gasteiger partial charge in [0.25, 0.3) is 0 Å². The van der Waals surface area contributed by atoms with Gasteiger partial charge in [-0.25, -0.2) is 4.79 Å². The molecule has 1 aliphatic rings. The smallest absolute Gasteiger partial charge is 0.333 e. The number of hydrogen-bond donors (Lipinski definition) is 0. The van der Waals surface area contributed by atoms with Gasteiger partial charge in [0.1, 0.15) is 0 Å². The Morgan fingerprint density at radius 3 is 2.39 bits per heavy atom. The summed E-state index contributed by atoms with van der Waals surface area (Å²) in [6, 6.07) is 0.680. The number of carbonyl (C=O) groups is 1. The van der Waals surface area contributed by atoms with Crippen LogP contribution in [0, 0.1) is 0 Å². The number of nitrogens with zero attached hydrogens (tertiary/aromatic N) is 1. The van der Waals surface area contributed by atoms with Gasteiger partial charge in [0.05, 0.1) is 7.11 Å². The Morgan fingerprint density at radius 1 is 1.28 bits per heavy atom. The molecule has 3 nitrogen and oxygen atoms in total. The van der Waals surface area contributed by atoms with Crippen LogP contribution in [0.4, 0.5) is 0 Å². The standard InChI is InChI=1S/C15H27NO2/c1-4-13(15(17)18-3)11-12-16(2)14-9-7-5-6-8-10-14/h11,14H,4-10,12H2,1-3H3. The van der Waals surface area contributed by atoms with Gasteiger partial charge in [0.2, 0.25) is 0 Å². The first-order chi connectivity index (χ1) is 8.69. The highest BCUT2D eigenvalue weighted by Crippen LogP contribution is 2.21. The highest BCUT2D eigenvalue weighted by molar-refractivity contribution is 5.88. The Morgan fingerprint density at radius 2 is 1.89 bits per heavy atom. The van der Waals surface area contributed by atoms with Gasteiger partial charge in [-0.3, -0.25) is 4.90 Å². The lowest BCUT2D eigenvalue weighted by molar-refractivity contribution is -0.136. The van der Waals surface area contributed by atoms with E-state index >= 15 is 0 Å². The second-order valence-electron chi connectivity index (χ2n) is 5.16. The fraction of sp³-hybridized carbons (Fsp3) is 0.800. The average Bonchev–Trinajstić information content (AvgIpc) is 2.67. The Kier molecular flexibility index (Phi) is 7.02. The van der Waals surface area contributed by atoms with Crippen LogP contribution in [0.2, 0.25) is 0 Å². The summed E-state index contributed by atoms with van der Waals surface area (Å²) in [7, 11) is 3.61. The van der Waals surface area contributed by atoms with Crippen molar-refractivity contribution in [3.05, 3.63) is 11.6 Å². The Bertz CT molecular complexity index is 278. The van der Waals surface area contributed by atoms with Gasteiger partial charge in [-0.15, -0.1) is 0 Å². The molecule has 0 bridgehead atoms. The van der Waals surface area contributed by atoms with E-state index in [1.807, 2.05) is 13.0 Å². The molecule has 1 aliphatic carbocycles. The quantitative estimate of drug-likeness (QED) is 0.428. The molecule has 0 spiro atoms. The summed E-state index contributed by atoms with van der Waals surface area (Å²) < 4.78 is 4.78. The molecule has 0 saturated heterocycles. The molecule has 104 valence electrons. The highest BCUT2D eigenvalue weighted by Gasteiger charge is 2.16. The monoisotopic (exact) mass is 253 g/mol. The molecule has 0 aromatic heterocycles. The van der Waals surface area contributed by atoms with Crippen molar-refractivity contribution in [2.75, 3.05) is 20.7 Å². The lowest BCUT2D eigenvalue weighted by atomic mass is 10.1. The zero-order valence-corrected chi connectivity index (χ0v) is 12.1. The number of ether oxygens (including phenoxy) is 1. The highest BCUT2D eigenvalue weighted by atomic mass is 16.5. The number of likely N-dealkylation sites (N-methyl/N-ethyl adjacent to an activating group) is 1. The summed E-state index contributed by atoms with van der Waals surface area (Å²) in [4.78, 5) is 13.9. The van der Waals surface area contributed by atoms with Crippen LogP contribution in [0.3, 0.4) is 0 Å². The summed E-state index contributed by atoms with van der Waals surface area (Å²) in [5, 5.41) is 0. The molecule has 0 aliphatic heterocycles. The first kappa shape index (κ1) is 15.2. The second kappa shape index (κ2) is 8.30. The molecular formula is C15H27NO2. The maximum Gasteiger partial charge on any atom is 0.333 e. The van der Waals surface area contributed by atoms with Crippen LogP contribution in [-0.2, 0) is 9.53 Å².